The topological polar surface area (TPSA) is 72.8 Å². The number of amides is 1. The summed E-state index contributed by atoms with van der Waals surface area (Å²) in [5.41, 5.74) is 1.42. The Labute approximate surface area is 144 Å². The molecule has 0 saturated carbocycles. The molecule has 3 aromatic rings. The SMILES string of the molecule is CN1C(=O)[C@@](C#N)(c2c(C#N)c3ccccc3n2C)c2ccccc21. The number of likely N-dealkylation sites (N-methyl/N-ethyl adjacent to an activating group) is 1. The smallest absolute Gasteiger partial charge is 0.258 e. The van der Waals surface area contributed by atoms with Gasteiger partial charge >= 0.3 is 0 Å². The Morgan fingerprint density at radius 2 is 1.68 bits per heavy atom. The number of nitriles is 2. The number of fused-ring (bicyclic) bond motifs is 2. The maximum absolute atomic E-state index is 13.2. The maximum Gasteiger partial charge on any atom is 0.258 e. The summed E-state index contributed by atoms with van der Waals surface area (Å²) in [6, 6.07) is 19.2. The van der Waals surface area contributed by atoms with Gasteiger partial charge in [-0.25, -0.2) is 0 Å². The van der Waals surface area contributed by atoms with Crippen LogP contribution < -0.4 is 4.90 Å². The first-order valence-electron chi connectivity index (χ1n) is 7.84. The zero-order valence-electron chi connectivity index (χ0n) is 13.8. The fourth-order valence-electron chi connectivity index (χ4n) is 3.89. The van der Waals surface area contributed by atoms with Crippen molar-refractivity contribution in [2.24, 2.45) is 7.05 Å². The number of hydrogen-bond acceptors (Lipinski definition) is 3. The second kappa shape index (κ2) is 4.96. The molecule has 0 fully saturated rings. The monoisotopic (exact) mass is 326 g/mol. The van der Waals surface area contributed by atoms with E-state index in [1.54, 1.807) is 24.7 Å². The number of carbonyl (C=O) groups is 1. The van der Waals surface area contributed by atoms with Crippen molar-refractivity contribution in [3.8, 4) is 12.1 Å². The fourth-order valence-corrected chi connectivity index (χ4v) is 3.89. The average Bonchev–Trinajstić information content (AvgIpc) is 3.06. The van der Waals surface area contributed by atoms with Gasteiger partial charge in [0.1, 0.15) is 6.07 Å². The highest BCUT2D eigenvalue weighted by Gasteiger charge is 2.54. The van der Waals surface area contributed by atoms with Crippen molar-refractivity contribution in [3.05, 3.63) is 65.4 Å². The maximum atomic E-state index is 13.2. The van der Waals surface area contributed by atoms with Crippen LogP contribution >= 0.6 is 0 Å². The van der Waals surface area contributed by atoms with Gasteiger partial charge in [-0.15, -0.1) is 0 Å². The van der Waals surface area contributed by atoms with E-state index in [-0.39, 0.29) is 5.91 Å². The van der Waals surface area contributed by atoms with Crippen LogP contribution in [0.15, 0.2) is 48.5 Å². The zero-order valence-corrected chi connectivity index (χ0v) is 13.8. The molecule has 1 aliphatic rings. The Balaban J connectivity index is 2.20. The van der Waals surface area contributed by atoms with Crippen LogP contribution in [0.25, 0.3) is 10.9 Å². The standard InChI is InChI=1S/C20H14N4O/c1-23-16-9-5-3-7-13(16)14(11-21)18(23)20(12-22)15-8-4-6-10-17(15)24(2)19(20)25/h3-10H,1-2H3/t20-/m1/s1. The predicted molar refractivity (Wildman–Crippen MR) is 93.9 cm³/mol. The normalized spacial score (nSPS) is 18.9. The van der Waals surface area contributed by atoms with Crippen molar-refractivity contribution in [3.63, 3.8) is 0 Å². The lowest BCUT2D eigenvalue weighted by Crippen LogP contribution is -2.40. The molecule has 2 heterocycles. The van der Waals surface area contributed by atoms with Gasteiger partial charge in [0.05, 0.1) is 17.3 Å². The molecule has 1 amide bonds. The van der Waals surface area contributed by atoms with E-state index in [1.807, 2.05) is 42.5 Å². The summed E-state index contributed by atoms with van der Waals surface area (Å²) in [7, 11) is 3.46. The molecule has 1 atom stereocenters. The number of carbonyl (C=O) groups excluding carboxylic acids is 1. The lowest BCUT2D eigenvalue weighted by Gasteiger charge is -2.22. The molecule has 2 aromatic carbocycles. The van der Waals surface area contributed by atoms with E-state index >= 15 is 0 Å². The van der Waals surface area contributed by atoms with Crippen LogP contribution in [0.2, 0.25) is 0 Å². The third-order valence-electron chi connectivity index (χ3n) is 5.04. The van der Waals surface area contributed by atoms with Crippen molar-refractivity contribution in [1.82, 2.24) is 4.57 Å². The summed E-state index contributed by atoms with van der Waals surface area (Å²) in [5.74, 6) is -0.335. The van der Waals surface area contributed by atoms with Crippen molar-refractivity contribution in [2.45, 2.75) is 5.41 Å². The largest absolute Gasteiger partial charge is 0.344 e. The molecule has 4 rings (SSSR count). The Morgan fingerprint density at radius 3 is 2.40 bits per heavy atom. The van der Waals surface area contributed by atoms with Gasteiger partial charge in [-0.3, -0.25) is 4.79 Å². The zero-order chi connectivity index (χ0) is 17.8. The first-order chi connectivity index (χ1) is 12.1. The van der Waals surface area contributed by atoms with Crippen molar-refractivity contribution in [2.75, 3.05) is 11.9 Å². The van der Waals surface area contributed by atoms with Crippen molar-refractivity contribution < 1.29 is 4.79 Å². The third-order valence-corrected chi connectivity index (χ3v) is 5.04. The summed E-state index contributed by atoms with van der Waals surface area (Å²) >= 11 is 0. The minimum Gasteiger partial charge on any atom is -0.344 e. The quantitative estimate of drug-likeness (QED) is 0.690. The van der Waals surface area contributed by atoms with Gasteiger partial charge < -0.3 is 9.47 Å². The third kappa shape index (κ3) is 1.62. The number of benzene rings is 2. The lowest BCUT2D eigenvalue weighted by molar-refractivity contribution is -0.120. The van der Waals surface area contributed by atoms with E-state index in [4.69, 9.17) is 0 Å². The summed E-state index contributed by atoms with van der Waals surface area (Å²) in [6.45, 7) is 0. The minimum absolute atomic E-state index is 0.335. The van der Waals surface area contributed by atoms with Crippen LogP contribution in [-0.2, 0) is 17.3 Å². The van der Waals surface area contributed by atoms with Gasteiger partial charge in [-0.2, -0.15) is 10.5 Å². The molecule has 0 N–H and O–H groups in total. The first-order valence-corrected chi connectivity index (χ1v) is 7.84. The number of para-hydroxylation sites is 2. The summed E-state index contributed by atoms with van der Waals surface area (Å²) < 4.78 is 1.80. The number of aromatic nitrogens is 1. The van der Waals surface area contributed by atoms with Crippen LogP contribution in [0.5, 0.6) is 0 Å². The fraction of sp³-hybridized carbons (Fsp3) is 0.150. The van der Waals surface area contributed by atoms with Gasteiger partial charge in [-0.05, 0) is 12.1 Å². The molecule has 5 nitrogen and oxygen atoms in total. The number of rotatable bonds is 1. The van der Waals surface area contributed by atoms with Crippen LogP contribution in [0, 0.1) is 22.7 Å². The second-order valence-corrected chi connectivity index (χ2v) is 6.15. The van der Waals surface area contributed by atoms with Crippen LogP contribution in [0.1, 0.15) is 16.8 Å². The molecule has 0 spiro atoms. The van der Waals surface area contributed by atoms with Gasteiger partial charge in [-0.1, -0.05) is 36.4 Å². The van der Waals surface area contributed by atoms with E-state index in [9.17, 15) is 15.3 Å². The highest BCUT2D eigenvalue weighted by atomic mass is 16.2. The Hall–Kier alpha value is -3.57. The molecule has 0 aliphatic carbocycles. The van der Waals surface area contributed by atoms with E-state index in [1.165, 1.54) is 4.90 Å². The summed E-state index contributed by atoms with van der Waals surface area (Å²) in [6.07, 6.45) is 0. The molecule has 0 bridgehead atoms. The number of aryl methyl sites for hydroxylation is 1. The van der Waals surface area contributed by atoms with E-state index in [0.29, 0.717) is 22.5 Å². The number of anilines is 1. The minimum atomic E-state index is -1.52. The van der Waals surface area contributed by atoms with Gasteiger partial charge in [0.25, 0.3) is 5.91 Å². The van der Waals surface area contributed by atoms with E-state index in [2.05, 4.69) is 12.1 Å². The lowest BCUT2D eigenvalue weighted by atomic mass is 9.78. The van der Waals surface area contributed by atoms with Crippen LogP contribution in [-0.4, -0.2) is 17.5 Å². The highest BCUT2D eigenvalue weighted by molar-refractivity contribution is 6.13. The van der Waals surface area contributed by atoms with Crippen LogP contribution in [0.4, 0.5) is 5.69 Å². The molecule has 0 radical (unpaired) electrons. The van der Waals surface area contributed by atoms with Gasteiger partial charge in [0, 0.05) is 36.2 Å². The molecule has 5 heteroatoms. The molecule has 120 valence electrons. The highest BCUT2D eigenvalue weighted by Crippen LogP contribution is 2.47. The summed E-state index contributed by atoms with van der Waals surface area (Å²) in [4.78, 5) is 14.7. The molecular formula is C20H14N4O. The molecular weight excluding hydrogens is 312 g/mol. The summed E-state index contributed by atoms with van der Waals surface area (Å²) in [5, 5.41) is 20.7. The number of hydrogen-bond donors (Lipinski definition) is 0. The molecule has 1 aliphatic heterocycles. The average molecular weight is 326 g/mol. The molecule has 0 unspecified atom stereocenters. The second-order valence-electron chi connectivity index (χ2n) is 6.15. The Kier molecular flexibility index (Phi) is 2.97. The van der Waals surface area contributed by atoms with Crippen molar-refractivity contribution >= 4 is 22.5 Å². The predicted octanol–water partition coefficient (Wildman–Crippen LogP) is 2.84. The molecule has 1 aromatic heterocycles. The Morgan fingerprint density at radius 1 is 1.00 bits per heavy atom. The van der Waals surface area contributed by atoms with Crippen molar-refractivity contribution in [1.29, 1.82) is 10.5 Å². The number of nitrogens with zero attached hydrogens (tertiary/aromatic N) is 4. The molecule has 0 saturated heterocycles. The van der Waals surface area contributed by atoms with Gasteiger partial charge in [0.2, 0.25) is 5.41 Å². The van der Waals surface area contributed by atoms with E-state index < -0.39 is 5.41 Å². The molecule has 25 heavy (non-hydrogen) atoms. The van der Waals surface area contributed by atoms with E-state index in [0.717, 1.165) is 10.9 Å². The van der Waals surface area contributed by atoms with Gasteiger partial charge in [0.15, 0.2) is 0 Å². The van der Waals surface area contributed by atoms with Crippen LogP contribution in [0.3, 0.4) is 0 Å². The first kappa shape index (κ1) is 15.0. The Bertz CT molecular complexity index is 1130.